The number of fused-ring (bicyclic) bond motifs is 1. The first-order valence-electron chi connectivity index (χ1n) is 5.97. The molecule has 1 aliphatic rings. The number of nitrogens with zero attached hydrogens (tertiary/aromatic N) is 3. The lowest BCUT2D eigenvalue weighted by Crippen LogP contribution is -2.35. The van der Waals surface area contributed by atoms with Gasteiger partial charge in [0.2, 0.25) is 5.91 Å². The minimum Gasteiger partial charge on any atom is -0.354 e. The van der Waals surface area contributed by atoms with Crippen molar-refractivity contribution in [1.29, 1.82) is 0 Å². The zero-order valence-electron chi connectivity index (χ0n) is 10.1. The quantitative estimate of drug-likeness (QED) is 0.844. The van der Waals surface area contributed by atoms with E-state index in [-0.39, 0.29) is 11.9 Å². The molecule has 1 fully saturated rings. The van der Waals surface area contributed by atoms with E-state index in [9.17, 15) is 4.79 Å². The minimum absolute atomic E-state index is 0.112. The second kappa shape index (κ2) is 4.53. The van der Waals surface area contributed by atoms with Crippen LogP contribution in [-0.4, -0.2) is 35.0 Å². The van der Waals surface area contributed by atoms with Gasteiger partial charge in [0.1, 0.15) is 17.0 Å². The molecule has 2 aromatic heterocycles. The van der Waals surface area contributed by atoms with Crippen molar-refractivity contribution in [3.63, 3.8) is 0 Å². The van der Waals surface area contributed by atoms with Gasteiger partial charge in [-0.2, -0.15) is 0 Å². The Morgan fingerprint density at radius 2 is 2.39 bits per heavy atom. The van der Waals surface area contributed by atoms with Gasteiger partial charge in [-0.1, -0.05) is 0 Å². The molecule has 1 unspecified atom stereocenters. The number of nitrogens with one attached hydrogen (secondary N) is 1. The lowest BCUT2D eigenvalue weighted by atomic mass is 10.2. The van der Waals surface area contributed by atoms with Crippen LogP contribution in [0.3, 0.4) is 0 Å². The Kier molecular flexibility index (Phi) is 2.87. The molecular formula is C12H14N4OS. The van der Waals surface area contributed by atoms with Crippen molar-refractivity contribution in [2.24, 2.45) is 0 Å². The smallest absolute Gasteiger partial charge is 0.222 e. The number of hydrogen-bond donors (Lipinski definition) is 1. The van der Waals surface area contributed by atoms with Crippen LogP contribution in [0.25, 0.3) is 10.2 Å². The van der Waals surface area contributed by atoms with Crippen molar-refractivity contribution in [3.8, 4) is 0 Å². The Morgan fingerprint density at radius 1 is 1.50 bits per heavy atom. The number of anilines is 1. The second-order valence-corrected chi connectivity index (χ2v) is 5.33. The number of amides is 1. The first kappa shape index (κ1) is 11.4. The van der Waals surface area contributed by atoms with Crippen LogP contribution in [0.5, 0.6) is 0 Å². The third-order valence-electron chi connectivity index (χ3n) is 3.20. The second-order valence-electron chi connectivity index (χ2n) is 4.43. The van der Waals surface area contributed by atoms with Crippen LogP contribution < -0.4 is 10.2 Å². The SMILES string of the molecule is CC1CC(=O)NCCN1c1ncnc2sccc12. The standard InChI is InChI=1S/C12H14N4OS/c1-8-6-10(17)13-3-4-16(8)11-9-2-5-18-12(9)15-7-14-11/h2,5,7-8H,3-4,6H2,1H3,(H,13,17). The average Bonchev–Trinajstić information content (AvgIpc) is 2.76. The van der Waals surface area contributed by atoms with Crippen LogP contribution in [-0.2, 0) is 4.79 Å². The fourth-order valence-corrected chi connectivity index (χ4v) is 3.03. The highest BCUT2D eigenvalue weighted by Gasteiger charge is 2.23. The molecule has 1 N–H and O–H groups in total. The fraction of sp³-hybridized carbons (Fsp3) is 0.417. The van der Waals surface area contributed by atoms with Crippen LogP contribution in [0.1, 0.15) is 13.3 Å². The molecule has 1 amide bonds. The predicted molar refractivity (Wildman–Crippen MR) is 71.8 cm³/mol. The molecule has 0 aromatic carbocycles. The van der Waals surface area contributed by atoms with Crippen LogP contribution >= 0.6 is 11.3 Å². The van der Waals surface area contributed by atoms with Gasteiger partial charge in [0.25, 0.3) is 0 Å². The van der Waals surface area contributed by atoms with Gasteiger partial charge in [-0.15, -0.1) is 11.3 Å². The average molecular weight is 262 g/mol. The molecule has 2 aromatic rings. The van der Waals surface area contributed by atoms with Crippen molar-refractivity contribution in [2.75, 3.05) is 18.0 Å². The van der Waals surface area contributed by atoms with Crippen LogP contribution in [0.4, 0.5) is 5.82 Å². The Hall–Kier alpha value is -1.69. The van der Waals surface area contributed by atoms with Crippen molar-refractivity contribution >= 4 is 33.3 Å². The first-order chi connectivity index (χ1) is 8.75. The summed E-state index contributed by atoms with van der Waals surface area (Å²) in [6.45, 7) is 3.51. The summed E-state index contributed by atoms with van der Waals surface area (Å²) < 4.78 is 0. The molecule has 1 atom stereocenters. The van der Waals surface area contributed by atoms with Gasteiger partial charge in [0, 0.05) is 25.6 Å². The van der Waals surface area contributed by atoms with Gasteiger partial charge < -0.3 is 10.2 Å². The molecule has 0 aliphatic carbocycles. The molecule has 0 saturated carbocycles. The highest BCUT2D eigenvalue weighted by Crippen LogP contribution is 2.28. The number of carbonyl (C=O) groups excluding carboxylic acids is 1. The van der Waals surface area contributed by atoms with E-state index in [2.05, 4.69) is 27.1 Å². The van der Waals surface area contributed by atoms with Crippen LogP contribution in [0, 0.1) is 0 Å². The Balaban J connectivity index is 2.02. The maximum absolute atomic E-state index is 11.5. The summed E-state index contributed by atoms with van der Waals surface area (Å²) in [6, 6.07) is 2.20. The third kappa shape index (κ3) is 1.92. The number of rotatable bonds is 1. The van der Waals surface area contributed by atoms with Gasteiger partial charge in [0.05, 0.1) is 5.39 Å². The summed E-state index contributed by atoms with van der Waals surface area (Å²) in [5, 5.41) is 5.99. The van der Waals surface area contributed by atoms with Gasteiger partial charge in [-0.05, 0) is 18.4 Å². The Bertz CT molecular complexity index is 582. The zero-order valence-corrected chi connectivity index (χ0v) is 10.9. The molecule has 3 rings (SSSR count). The normalized spacial score (nSPS) is 20.8. The molecule has 0 bridgehead atoms. The topological polar surface area (TPSA) is 58.1 Å². The number of thiophene rings is 1. The molecule has 3 heterocycles. The minimum atomic E-state index is 0.112. The molecule has 1 saturated heterocycles. The molecule has 0 radical (unpaired) electrons. The monoisotopic (exact) mass is 262 g/mol. The van der Waals surface area contributed by atoms with Gasteiger partial charge >= 0.3 is 0 Å². The van der Waals surface area contributed by atoms with Gasteiger partial charge in [0.15, 0.2) is 0 Å². The van der Waals surface area contributed by atoms with E-state index in [0.717, 1.165) is 22.6 Å². The number of hydrogen-bond acceptors (Lipinski definition) is 5. The lowest BCUT2D eigenvalue weighted by molar-refractivity contribution is -0.120. The summed E-state index contributed by atoms with van der Waals surface area (Å²) in [6.07, 6.45) is 2.11. The zero-order chi connectivity index (χ0) is 12.5. The van der Waals surface area contributed by atoms with E-state index in [1.54, 1.807) is 17.7 Å². The molecule has 18 heavy (non-hydrogen) atoms. The predicted octanol–water partition coefficient (Wildman–Crippen LogP) is 1.41. The van der Waals surface area contributed by atoms with E-state index in [1.165, 1.54) is 0 Å². The third-order valence-corrected chi connectivity index (χ3v) is 4.02. The van der Waals surface area contributed by atoms with Crippen molar-refractivity contribution in [3.05, 3.63) is 17.8 Å². The van der Waals surface area contributed by atoms with Crippen LogP contribution in [0.15, 0.2) is 17.8 Å². The number of aromatic nitrogens is 2. The summed E-state index contributed by atoms with van der Waals surface area (Å²) >= 11 is 1.61. The van der Waals surface area contributed by atoms with Crippen molar-refractivity contribution in [2.45, 2.75) is 19.4 Å². The highest BCUT2D eigenvalue weighted by atomic mass is 32.1. The maximum Gasteiger partial charge on any atom is 0.222 e. The van der Waals surface area contributed by atoms with E-state index in [0.29, 0.717) is 13.0 Å². The van der Waals surface area contributed by atoms with Crippen molar-refractivity contribution < 1.29 is 4.79 Å². The van der Waals surface area contributed by atoms with Gasteiger partial charge in [-0.25, -0.2) is 9.97 Å². The first-order valence-corrected chi connectivity index (χ1v) is 6.85. The molecule has 6 heteroatoms. The summed E-state index contributed by atoms with van der Waals surface area (Å²) in [5.41, 5.74) is 0. The van der Waals surface area contributed by atoms with E-state index in [4.69, 9.17) is 0 Å². The molecule has 5 nitrogen and oxygen atoms in total. The Morgan fingerprint density at radius 3 is 3.28 bits per heavy atom. The highest BCUT2D eigenvalue weighted by molar-refractivity contribution is 7.16. The molecule has 0 spiro atoms. The van der Waals surface area contributed by atoms with Crippen LogP contribution in [0.2, 0.25) is 0 Å². The molecular weight excluding hydrogens is 248 g/mol. The summed E-state index contributed by atoms with van der Waals surface area (Å²) in [7, 11) is 0. The van der Waals surface area contributed by atoms with Gasteiger partial charge in [-0.3, -0.25) is 4.79 Å². The molecule has 1 aliphatic heterocycles. The Labute approximate surface area is 109 Å². The van der Waals surface area contributed by atoms with E-state index in [1.807, 2.05) is 11.4 Å². The maximum atomic E-state index is 11.5. The summed E-state index contributed by atoms with van der Waals surface area (Å²) in [4.78, 5) is 23.4. The van der Waals surface area contributed by atoms with E-state index >= 15 is 0 Å². The van der Waals surface area contributed by atoms with E-state index < -0.39 is 0 Å². The summed E-state index contributed by atoms with van der Waals surface area (Å²) in [5.74, 6) is 1.05. The fourth-order valence-electron chi connectivity index (χ4n) is 2.31. The molecule has 94 valence electrons. The van der Waals surface area contributed by atoms with Crippen molar-refractivity contribution in [1.82, 2.24) is 15.3 Å². The number of carbonyl (C=O) groups is 1. The lowest BCUT2D eigenvalue weighted by Gasteiger charge is -2.27. The largest absolute Gasteiger partial charge is 0.354 e.